The van der Waals surface area contributed by atoms with E-state index in [4.69, 9.17) is 16.3 Å². The number of cyclic esters (lactones) is 1. The lowest BCUT2D eigenvalue weighted by atomic mass is 9.75. The largest absolute Gasteiger partial charge is 0.435 e. The van der Waals surface area contributed by atoms with Crippen LogP contribution in [0.5, 0.6) is 0 Å². The molecular formula is C16H22ClF2NO2. The summed E-state index contributed by atoms with van der Waals surface area (Å²) >= 11 is 6.02. The molecule has 0 aromatic rings. The van der Waals surface area contributed by atoms with Crippen LogP contribution >= 0.6 is 11.6 Å². The summed E-state index contributed by atoms with van der Waals surface area (Å²) in [5.74, 6) is -3.16. The van der Waals surface area contributed by atoms with Crippen LogP contribution in [-0.4, -0.2) is 23.0 Å². The number of alkyl carbamates (subject to hydrolysis) is 1. The maximum absolute atomic E-state index is 14.5. The maximum Gasteiger partial charge on any atom is 0.412 e. The SMILES string of the molecule is C/C=C1/NC(=O)O[C@@](C(C)(F)F)(C2(C)CC2)C/C1=C/C(C)Cl. The lowest BCUT2D eigenvalue weighted by Gasteiger charge is -2.42. The molecule has 1 saturated heterocycles. The fourth-order valence-electron chi connectivity index (χ4n) is 3.16. The standard InChI is InChI=1S/C16H22ClF2NO2/c1-5-12-11(8-10(2)17)9-16(15(4,18)19,14(3)6-7-14)22-13(21)20-12/h5,8,10H,6-7,9H2,1-4H3,(H,20,21)/b11-8-,12-5+/t10?,16-/m1/s1. The number of allylic oxidation sites excluding steroid dienone is 3. The number of rotatable bonds is 3. The van der Waals surface area contributed by atoms with Crippen LogP contribution in [0.25, 0.3) is 0 Å². The van der Waals surface area contributed by atoms with Crippen LogP contribution in [0, 0.1) is 5.41 Å². The van der Waals surface area contributed by atoms with Crippen LogP contribution in [0.4, 0.5) is 13.6 Å². The molecule has 1 N–H and O–H groups in total. The Labute approximate surface area is 134 Å². The molecule has 1 saturated carbocycles. The quantitative estimate of drug-likeness (QED) is 0.756. The number of hydrogen-bond donors (Lipinski definition) is 1. The number of amides is 1. The average Bonchev–Trinajstić information content (AvgIpc) is 3.12. The highest BCUT2D eigenvalue weighted by molar-refractivity contribution is 6.21. The summed E-state index contributed by atoms with van der Waals surface area (Å²) in [6, 6.07) is 0. The predicted molar refractivity (Wildman–Crippen MR) is 82.1 cm³/mol. The summed E-state index contributed by atoms with van der Waals surface area (Å²) in [5.41, 5.74) is -1.51. The monoisotopic (exact) mass is 333 g/mol. The molecule has 0 spiro atoms. The second-order valence-electron chi connectivity index (χ2n) is 6.54. The first-order valence-corrected chi connectivity index (χ1v) is 7.87. The lowest BCUT2D eigenvalue weighted by molar-refractivity contribution is -0.199. The third-order valence-electron chi connectivity index (χ3n) is 4.69. The minimum Gasteiger partial charge on any atom is -0.435 e. The average molecular weight is 334 g/mol. The molecule has 3 nitrogen and oxygen atoms in total. The molecule has 0 bridgehead atoms. The van der Waals surface area contributed by atoms with Gasteiger partial charge in [-0.05, 0) is 32.3 Å². The van der Waals surface area contributed by atoms with Crippen molar-refractivity contribution in [2.24, 2.45) is 5.41 Å². The van der Waals surface area contributed by atoms with Crippen LogP contribution in [-0.2, 0) is 4.74 Å². The van der Waals surface area contributed by atoms with Crippen molar-refractivity contribution in [2.75, 3.05) is 0 Å². The zero-order valence-corrected chi connectivity index (χ0v) is 14.1. The van der Waals surface area contributed by atoms with E-state index >= 15 is 0 Å². The molecule has 1 heterocycles. The van der Waals surface area contributed by atoms with Crippen LogP contribution in [0.2, 0.25) is 0 Å². The second-order valence-corrected chi connectivity index (χ2v) is 7.23. The highest BCUT2D eigenvalue weighted by Crippen LogP contribution is 2.63. The summed E-state index contributed by atoms with van der Waals surface area (Å²) in [6.07, 6.45) is 3.69. The third-order valence-corrected chi connectivity index (χ3v) is 4.82. The van der Waals surface area contributed by atoms with E-state index in [-0.39, 0.29) is 11.8 Å². The van der Waals surface area contributed by atoms with Gasteiger partial charge in [0.1, 0.15) is 0 Å². The van der Waals surface area contributed by atoms with Crippen LogP contribution in [0.15, 0.2) is 23.4 Å². The number of hydrogen-bond acceptors (Lipinski definition) is 2. The van der Waals surface area contributed by atoms with E-state index < -0.39 is 23.0 Å². The Morgan fingerprint density at radius 3 is 2.45 bits per heavy atom. The number of nitrogens with one attached hydrogen (secondary N) is 1. The lowest BCUT2D eigenvalue weighted by Crippen LogP contribution is -2.55. The Morgan fingerprint density at radius 2 is 2.05 bits per heavy atom. The zero-order valence-electron chi connectivity index (χ0n) is 13.3. The molecule has 0 radical (unpaired) electrons. The van der Waals surface area contributed by atoms with Gasteiger partial charge in [0.25, 0.3) is 5.92 Å². The van der Waals surface area contributed by atoms with Crippen molar-refractivity contribution in [3.63, 3.8) is 0 Å². The van der Waals surface area contributed by atoms with Crippen molar-refractivity contribution < 1.29 is 18.3 Å². The molecule has 2 aliphatic rings. The minimum atomic E-state index is -3.16. The van der Waals surface area contributed by atoms with Gasteiger partial charge in [0.05, 0.1) is 0 Å². The summed E-state index contributed by atoms with van der Waals surface area (Å²) in [6.45, 7) is 6.06. The molecule has 1 aliphatic carbocycles. The van der Waals surface area contributed by atoms with Gasteiger partial charge < -0.3 is 4.74 Å². The van der Waals surface area contributed by atoms with Crippen LogP contribution in [0.1, 0.15) is 47.0 Å². The first kappa shape index (κ1) is 17.3. The molecule has 2 fully saturated rings. The molecule has 2 rings (SSSR count). The zero-order chi connectivity index (χ0) is 16.8. The predicted octanol–water partition coefficient (Wildman–Crippen LogP) is 4.77. The highest BCUT2D eigenvalue weighted by atomic mass is 35.5. The van der Waals surface area contributed by atoms with Crippen molar-refractivity contribution in [1.82, 2.24) is 5.32 Å². The molecule has 124 valence electrons. The number of carbonyl (C=O) groups is 1. The molecule has 22 heavy (non-hydrogen) atoms. The van der Waals surface area contributed by atoms with Gasteiger partial charge in [0.15, 0.2) is 5.60 Å². The van der Waals surface area contributed by atoms with Gasteiger partial charge in [-0.2, -0.15) is 0 Å². The first-order chi connectivity index (χ1) is 10.0. The van der Waals surface area contributed by atoms with Gasteiger partial charge in [-0.3, -0.25) is 5.32 Å². The van der Waals surface area contributed by atoms with Gasteiger partial charge in [-0.15, -0.1) is 11.6 Å². The topological polar surface area (TPSA) is 38.3 Å². The van der Waals surface area contributed by atoms with Crippen molar-refractivity contribution in [2.45, 2.75) is 63.9 Å². The number of alkyl halides is 3. The molecule has 1 unspecified atom stereocenters. The molecule has 2 atom stereocenters. The summed E-state index contributed by atoms with van der Waals surface area (Å²) < 4.78 is 34.3. The third kappa shape index (κ3) is 2.87. The number of carbonyl (C=O) groups excluding carboxylic acids is 1. The van der Waals surface area contributed by atoms with Crippen molar-refractivity contribution in [1.29, 1.82) is 0 Å². The molecular weight excluding hydrogens is 312 g/mol. The summed E-state index contributed by atoms with van der Waals surface area (Å²) in [5, 5.41) is 2.21. The van der Waals surface area contributed by atoms with E-state index in [1.54, 1.807) is 32.9 Å². The Hall–Kier alpha value is -1.10. The molecule has 1 aliphatic heterocycles. The van der Waals surface area contributed by atoms with Gasteiger partial charge in [-0.25, -0.2) is 13.6 Å². The van der Waals surface area contributed by atoms with Crippen molar-refractivity contribution in [3.05, 3.63) is 23.4 Å². The fraction of sp³-hybridized carbons (Fsp3) is 0.688. The van der Waals surface area contributed by atoms with Gasteiger partial charge >= 0.3 is 6.09 Å². The summed E-state index contributed by atoms with van der Waals surface area (Å²) in [7, 11) is 0. The van der Waals surface area contributed by atoms with E-state index in [0.29, 0.717) is 24.1 Å². The Bertz CT molecular complexity index is 526. The molecule has 6 heteroatoms. The van der Waals surface area contributed by atoms with Crippen molar-refractivity contribution in [3.8, 4) is 0 Å². The van der Waals surface area contributed by atoms with E-state index in [0.717, 1.165) is 6.92 Å². The fourth-order valence-corrected chi connectivity index (χ4v) is 3.31. The smallest absolute Gasteiger partial charge is 0.412 e. The van der Waals surface area contributed by atoms with Crippen LogP contribution in [0.3, 0.4) is 0 Å². The van der Waals surface area contributed by atoms with E-state index in [1.807, 2.05) is 0 Å². The van der Waals surface area contributed by atoms with Gasteiger partial charge in [0.2, 0.25) is 0 Å². The normalized spacial score (nSPS) is 33.1. The van der Waals surface area contributed by atoms with Crippen molar-refractivity contribution >= 4 is 17.7 Å². The van der Waals surface area contributed by atoms with E-state index in [9.17, 15) is 13.6 Å². The first-order valence-electron chi connectivity index (χ1n) is 7.44. The maximum atomic E-state index is 14.5. The number of halogens is 3. The van der Waals surface area contributed by atoms with E-state index in [2.05, 4.69) is 5.32 Å². The summed E-state index contributed by atoms with van der Waals surface area (Å²) in [4.78, 5) is 12.1. The highest BCUT2D eigenvalue weighted by Gasteiger charge is 2.69. The van der Waals surface area contributed by atoms with E-state index in [1.165, 1.54) is 0 Å². The van der Waals surface area contributed by atoms with Gasteiger partial charge in [-0.1, -0.05) is 19.1 Å². The minimum absolute atomic E-state index is 0.0531. The van der Waals surface area contributed by atoms with Crippen LogP contribution < -0.4 is 5.32 Å². The molecule has 0 aromatic heterocycles. The van der Waals surface area contributed by atoms with Gasteiger partial charge in [0, 0.05) is 29.8 Å². The Morgan fingerprint density at radius 1 is 1.45 bits per heavy atom. The molecule has 1 amide bonds. The number of ether oxygens (including phenoxy) is 1. The Kier molecular flexibility index (Phi) is 4.33. The Balaban J connectivity index is 2.57. The second kappa shape index (κ2) is 5.52. The molecule has 0 aromatic carbocycles.